The fourth-order valence-corrected chi connectivity index (χ4v) is 4.53. The maximum Gasteiger partial charge on any atom is 0.261 e. The Hall–Kier alpha value is -3.32. The SMILES string of the molecule is COc1ccc(C)cc1NC(=O)CCCN1C(=O)c2cccnc2Sc2ccccc21. The monoisotopic (exact) mass is 433 g/mol. The molecule has 2 aromatic carbocycles. The number of ether oxygens (including phenoxy) is 1. The predicted molar refractivity (Wildman–Crippen MR) is 122 cm³/mol. The molecule has 4 rings (SSSR count). The van der Waals surface area contributed by atoms with Crippen molar-refractivity contribution >= 4 is 35.0 Å². The molecule has 0 radical (unpaired) electrons. The molecule has 1 N–H and O–H groups in total. The molecular formula is C24H23N3O3S. The highest BCUT2D eigenvalue weighted by Gasteiger charge is 2.27. The molecule has 2 heterocycles. The molecule has 3 aromatic rings. The third-order valence-corrected chi connectivity index (χ3v) is 6.11. The summed E-state index contributed by atoms with van der Waals surface area (Å²) in [5.41, 5.74) is 3.11. The van der Waals surface area contributed by atoms with Crippen LogP contribution in [0.4, 0.5) is 11.4 Å². The van der Waals surface area contributed by atoms with Gasteiger partial charge in [-0.05, 0) is 55.3 Å². The van der Waals surface area contributed by atoms with E-state index in [-0.39, 0.29) is 18.2 Å². The van der Waals surface area contributed by atoms with Crippen molar-refractivity contribution in [2.24, 2.45) is 0 Å². The summed E-state index contributed by atoms with van der Waals surface area (Å²) in [5.74, 6) is 0.411. The third-order valence-electron chi connectivity index (χ3n) is 5.02. The number of anilines is 2. The first-order valence-corrected chi connectivity index (χ1v) is 10.9. The van der Waals surface area contributed by atoms with Crippen molar-refractivity contribution in [3.8, 4) is 5.75 Å². The Bertz CT molecular complexity index is 1130. The highest BCUT2D eigenvalue weighted by molar-refractivity contribution is 7.99. The van der Waals surface area contributed by atoms with E-state index in [1.54, 1.807) is 30.3 Å². The van der Waals surface area contributed by atoms with Gasteiger partial charge in [0.2, 0.25) is 5.91 Å². The number of hydrogen-bond acceptors (Lipinski definition) is 5. The Labute approximate surface area is 185 Å². The van der Waals surface area contributed by atoms with Crippen LogP contribution in [0, 0.1) is 6.92 Å². The van der Waals surface area contributed by atoms with Crippen LogP contribution in [0.25, 0.3) is 0 Å². The predicted octanol–water partition coefficient (Wildman–Crippen LogP) is 4.93. The molecule has 0 fully saturated rings. The van der Waals surface area contributed by atoms with Crippen molar-refractivity contribution in [1.82, 2.24) is 4.98 Å². The first-order chi connectivity index (χ1) is 15.1. The van der Waals surface area contributed by atoms with Gasteiger partial charge in [0.25, 0.3) is 5.91 Å². The molecule has 1 aromatic heterocycles. The van der Waals surface area contributed by atoms with Gasteiger partial charge in [-0.15, -0.1) is 0 Å². The van der Waals surface area contributed by atoms with Crippen LogP contribution < -0.4 is 15.0 Å². The molecule has 1 aliphatic heterocycles. The van der Waals surface area contributed by atoms with Crippen LogP contribution in [0.1, 0.15) is 28.8 Å². The quantitative estimate of drug-likeness (QED) is 0.597. The average Bonchev–Trinajstić information content (AvgIpc) is 2.89. The molecule has 158 valence electrons. The van der Waals surface area contributed by atoms with Gasteiger partial charge >= 0.3 is 0 Å². The minimum atomic E-state index is -0.115. The zero-order valence-electron chi connectivity index (χ0n) is 17.4. The van der Waals surface area contributed by atoms with Crippen molar-refractivity contribution < 1.29 is 14.3 Å². The molecule has 0 bridgehead atoms. The number of carbonyl (C=O) groups is 2. The van der Waals surface area contributed by atoms with E-state index in [4.69, 9.17) is 4.74 Å². The number of benzene rings is 2. The van der Waals surface area contributed by atoms with Crippen LogP contribution in [-0.4, -0.2) is 30.5 Å². The number of para-hydroxylation sites is 1. The molecule has 31 heavy (non-hydrogen) atoms. The molecule has 2 amide bonds. The molecule has 1 aliphatic rings. The lowest BCUT2D eigenvalue weighted by atomic mass is 10.1. The van der Waals surface area contributed by atoms with Gasteiger partial charge in [0.15, 0.2) is 0 Å². The van der Waals surface area contributed by atoms with Gasteiger partial charge in [-0.1, -0.05) is 30.0 Å². The lowest BCUT2D eigenvalue weighted by molar-refractivity contribution is -0.116. The summed E-state index contributed by atoms with van der Waals surface area (Å²) in [7, 11) is 1.58. The van der Waals surface area contributed by atoms with Gasteiger partial charge in [-0.25, -0.2) is 4.98 Å². The summed E-state index contributed by atoms with van der Waals surface area (Å²) in [6, 6.07) is 17.0. The minimum absolute atomic E-state index is 0.0960. The molecule has 7 heteroatoms. The number of rotatable bonds is 6. The van der Waals surface area contributed by atoms with Gasteiger partial charge in [-0.2, -0.15) is 0 Å². The fraction of sp³-hybridized carbons (Fsp3) is 0.208. The first kappa shape index (κ1) is 20.9. The summed E-state index contributed by atoms with van der Waals surface area (Å²) in [6.45, 7) is 2.39. The second-order valence-corrected chi connectivity index (χ2v) is 8.27. The summed E-state index contributed by atoms with van der Waals surface area (Å²) in [4.78, 5) is 32.9. The normalized spacial score (nSPS) is 12.6. The third kappa shape index (κ3) is 4.56. The van der Waals surface area contributed by atoms with Crippen molar-refractivity contribution in [3.63, 3.8) is 0 Å². The average molecular weight is 434 g/mol. The number of fused-ring (bicyclic) bond motifs is 2. The zero-order chi connectivity index (χ0) is 21.8. The van der Waals surface area contributed by atoms with Crippen LogP contribution in [-0.2, 0) is 4.79 Å². The van der Waals surface area contributed by atoms with Gasteiger partial charge in [0, 0.05) is 24.1 Å². The lowest BCUT2D eigenvalue weighted by Gasteiger charge is -2.22. The number of nitrogens with zero attached hydrogens (tertiary/aromatic N) is 2. The van der Waals surface area contributed by atoms with Crippen molar-refractivity contribution in [2.45, 2.75) is 29.7 Å². The van der Waals surface area contributed by atoms with E-state index in [9.17, 15) is 9.59 Å². The van der Waals surface area contributed by atoms with E-state index in [0.29, 0.717) is 35.0 Å². The standard InChI is InChI=1S/C24H23N3O3S/c1-16-11-12-20(30-2)18(15-16)26-22(28)10-6-14-27-19-8-3-4-9-21(19)31-23-17(24(27)29)7-5-13-25-23/h3-5,7-9,11-13,15H,6,10,14H2,1-2H3,(H,26,28). The van der Waals surface area contributed by atoms with E-state index < -0.39 is 0 Å². The van der Waals surface area contributed by atoms with E-state index in [0.717, 1.165) is 16.1 Å². The van der Waals surface area contributed by atoms with Crippen molar-refractivity contribution in [2.75, 3.05) is 23.9 Å². The minimum Gasteiger partial charge on any atom is -0.495 e. The summed E-state index contributed by atoms with van der Waals surface area (Å²) in [6.07, 6.45) is 2.51. The maximum atomic E-state index is 13.2. The molecule has 0 saturated carbocycles. The Balaban J connectivity index is 1.47. The second-order valence-electron chi connectivity index (χ2n) is 7.24. The number of amides is 2. The number of methoxy groups -OCH3 is 1. The first-order valence-electron chi connectivity index (χ1n) is 10.0. The summed E-state index contributed by atoms with van der Waals surface area (Å²) >= 11 is 1.49. The Kier molecular flexibility index (Phi) is 6.23. The number of aromatic nitrogens is 1. The Morgan fingerprint density at radius 3 is 2.84 bits per heavy atom. The van der Waals surface area contributed by atoms with Gasteiger partial charge in [0.05, 0.1) is 24.0 Å². The number of hydrogen-bond donors (Lipinski definition) is 1. The molecular weight excluding hydrogens is 410 g/mol. The Morgan fingerprint density at radius 1 is 1.16 bits per heavy atom. The largest absolute Gasteiger partial charge is 0.495 e. The smallest absolute Gasteiger partial charge is 0.261 e. The Morgan fingerprint density at radius 2 is 2.00 bits per heavy atom. The molecule has 0 aliphatic carbocycles. The van der Waals surface area contributed by atoms with Gasteiger partial charge in [-0.3, -0.25) is 9.59 Å². The van der Waals surface area contributed by atoms with Crippen LogP contribution in [0.3, 0.4) is 0 Å². The molecule has 0 saturated heterocycles. The number of aryl methyl sites for hydroxylation is 1. The lowest BCUT2D eigenvalue weighted by Crippen LogP contribution is -2.32. The topological polar surface area (TPSA) is 71.5 Å². The van der Waals surface area contributed by atoms with Crippen LogP contribution in [0.2, 0.25) is 0 Å². The number of carbonyl (C=O) groups excluding carboxylic acids is 2. The van der Waals surface area contributed by atoms with Gasteiger partial charge < -0.3 is 15.0 Å². The van der Waals surface area contributed by atoms with E-state index in [2.05, 4.69) is 10.3 Å². The molecule has 0 unspecified atom stereocenters. The molecule has 6 nitrogen and oxygen atoms in total. The van der Waals surface area contributed by atoms with Gasteiger partial charge in [0.1, 0.15) is 10.8 Å². The number of pyridine rings is 1. The second kappa shape index (κ2) is 9.22. The van der Waals surface area contributed by atoms with Crippen molar-refractivity contribution in [3.05, 3.63) is 71.9 Å². The van der Waals surface area contributed by atoms with Crippen LogP contribution >= 0.6 is 11.8 Å². The zero-order valence-corrected chi connectivity index (χ0v) is 18.2. The highest BCUT2D eigenvalue weighted by atomic mass is 32.2. The fourth-order valence-electron chi connectivity index (χ4n) is 3.51. The molecule has 0 spiro atoms. The summed E-state index contributed by atoms with van der Waals surface area (Å²) < 4.78 is 5.33. The van der Waals surface area contributed by atoms with E-state index in [1.807, 2.05) is 49.4 Å². The van der Waals surface area contributed by atoms with Crippen LogP contribution in [0.5, 0.6) is 5.75 Å². The van der Waals surface area contributed by atoms with Crippen LogP contribution in [0.15, 0.2) is 70.7 Å². The maximum absolute atomic E-state index is 13.2. The molecule has 0 atom stereocenters. The highest BCUT2D eigenvalue weighted by Crippen LogP contribution is 2.40. The summed E-state index contributed by atoms with van der Waals surface area (Å²) in [5, 5.41) is 3.62. The van der Waals surface area contributed by atoms with E-state index >= 15 is 0 Å². The van der Waals surface area contributed by atoms with Crippen molar-refractivity contribution in [1.29, 1.82) is 0 Å². The van der Waals surface area contributed by atoms with E-state index in [1.165, 1.54) is 11.8 Å². The number of nitrogens with one attached hydrogen (secondary N) is 1.